The fourth-order valence-electron chi connectivity index (χ4n) is 2.74. The zero-order valence-electron chi connectivity index (χ0n) is 16.1. The number of fused-ring (bicyclic) bond motifs is 1. The molecule has 0 aromatic heterocycles. The number of amides is 1. The van der Waals surface area contributed by atoms with Gasteiger partial charge < -0.3 is 19.5 Å². The number of carbonyl (C=O) groups is 1. The Hall–Kier alpha value is -2.32. The normalized spacial score (nSPS) is 16.4. The highest BCUT2D eigenvalue weighted by Gasteiger charge is 2.21. The third kappa shape index (κ3) is 6.41. The number of hydrazine groups is 1. The molecule has 2 rings (SSSR count). The van der Waals surface area contributed by atoms with E-state index < -0.39 is 0 Å². The van der Waals surface area contributed by atoms with E-state index in [0.717, 1.165) is 29.0 Å². The first-order chi connectivity index (χ1) is 12.9. The largest absolute Gasteiger partial charge is 0.493 e. The minimum absolute atomic E-state index is 0.0324. The molecule has 148 valence electrons. The zero-order chi connectivity index (χ0) is 19.8. The highest BCUT2D eigenvalue weighted by atomic mass is 32.1. The molecule has 27 heavy (non-hydrogen) atoms. The van der Waals surface area contributed by atoms with Crippen LogP contribution >= 0.6 is 12.2 Å². The van der Waals surface area contributed by atoms with Gasteiger partial charge in [-0.1, -0.05) is 0 Å². The summed E-state index contributed by atoms with van der Waals surface area (Å²) in [6.45, 7) is 6.93. The average Bonchev–Trinajstić information content (AvgIpc) is 2.97. The molecule has 0 unspecified atom stereocenters. The van der Waals surface area contributed by atoms with Crippen molar-refractivity contribution in [2.45, 2.75) is 39.3 Å². The maximum Gasteiger partial charge on any atom is 0.262 e. The van der Waals surface area contributed by atoms with Crippen molar-refractivity contribution in [3.63, 3.8) is 0 Å². The summed E-state index contributed by atoms with van der Waals surface area (Å²) in [5.41, 5.74) is 7.08. The van der Waals surface area contributed by atoms with Gasteiger partial charge >= 0.3 is 0 Å². The molecular weight excluding hydrogens is 366 g/mol. The van der Waals surface area contributed by atoms with Gasteiger partial charge in [0.05, 0.1) is 13.2 Å². The second-order valence-electron chi connectivity index (χ2n) is 6.34. The van der Waals surface area contributed by atoms with Crippen molar-refractivity contribution in [1.82, 2.24) is 16.2 Å². The molecule has 0 spiro atoms. The van der Waals surface area contributed by atoms with Crippen LogP contribution in [0.25, 0.3) is 6.08 Å². The molecule has 1 aromatic carbocycles. The summed E-state index contributed by atoms with van der Waals surface area (Å²) in [7, 11) is 1.61. The maximum atomic E-state index is 12.0. The molecule has 0 radical (unpaired) electrons. The molecule has 1 aliphatic rings. The van der Waals surface area contributed by atoms with Crippen LogP contribution in [0.3, 0.4) is 0 Å². The van der Waals surface area contributed by atoms with Crippen molar-refractivity contribution in [1.29, 1.82) is 0 Å². The van der Waals surface area contributed by atoms with Crippen molar-refractivity contribution in [3.05, 3.63) is 29.3 Å². The van der Waals surface area contributed by atoms with Gasteiger partial charge in [-0.15, -0.1) is 0 Å². The van der Waals surface area contributed by atoms with Crippen LogP contribution in [0.5, 0.6) is 11.5 Å². The zero-order valence-corrected chi connectivity index (χ0v) is 16.9. The van der Waals surface area contributed by atoms with Gasteiger partial charge in [-0.3, -0.25) is 15.6 Å². The van der Waals surface area contributed by atoms with Crippen LogP contribution in [0.2, 0.25) is 0 Å². The summed E-state index contributed by atoms with van der Waals surface area (Å²) in [5.74, 6) is 1.23. The summed E-state index contributed by atoms with van der Waals surface area (Å²) >= 11 is 5.11. The lowest BCUT2D eigenvalue weighted by molar-refractivity contribution is -0.116. The van der Waals surface area contributed by atoms with Gasteiger partial charge in [-0.25, -0.2) is 0 Å². The first kappa shape index (κ1) is 21.0. The van der Waals surface area contributed by atoms with Gasteiger partial charge in [0.15, 0.2) is 5.11 Å². The van der Waals surface area contributed by atoms with E-state index in [-0.39, 0.29) is 18.1 Å². The van der Waals surface area contributed by atoms with Crippen molar-refractivity contribution in [3.8, 4) is 11.5 Å². The first-order valence-corrected chi connectivity index (χ1v) is 9.33. The van der Waals surface area contributed by atoms with Crippen LogP contribution in [0.4, 0.5) is 0 Å². The van der Waals surface area contributed by atoms with E-state index in [1.54, 1.807) is 13.2 Å². The van der Waals surface area contributed by atoms with E-state index in [4.69, 9.17) is 26.4 Å². The van der Waals surface area contributed by atoms with E-state index in [9.17, 15) is 4.79 Å². The standard InChI is InChI=1S/C19H27N3O4S/c1-5-25-16-10-15-8-13(3)26-17(15)9-14(16)6-7-18(23)21-22-19(27)20-12(2)11-24-4/h6-7,9-10,12-13H,5,8,11H2,1-4H3,(H,21,23)(H2,20,22,27)/b7-6+/t12-,13-/m0/s1. The Morgan fingerprint density at radius 1 is 1.44 bits per heavy atom. The Morgan fingerprint density at radius 3 is 2.93 bits per heavy atom. The molecule has 7 nitrogen and oxygen atoms in total. The van der Waals surface area contributed by atoms with Crippen molar-refractivity contribution in [2.24, 2.45) is 0 Å². The third-order valence-corrected chi connectivity index (χ3v) is 4.06. The lowest BCUT2D eigenvalue weighted by atomic mass is 10.1. The molecule has 0 bridgehead atoms. The fourth-order valence-corrected chi connectivity index (χ4v) is 3.00. The van der Waals surface area contributed by atoms with Gasteiger partial charge in [-0.05, 0) is 51.2 Å². The van der Waals surface area contributed by atoms with E-state index in [2.05, 4.69) is 16.2 Å². The Labute approximate surface area is 165 Å². The van der Waals surface area contributed by atoms with Crippen LogP contribution < -0.4 is 25.6 Å². The Bertz CT molecular complexity index is 708. The first-order valence-electron chi connectivity index (χ1n) is 8.92. The summed E-state index contributed by atoms with van der Waals surface area (Å²) in [6, 6.07) is 3.92. The number of thiocarbonyl (C=S) groups is 1. The third-order valence-electron chi connectivity index (χ3n) is 3.84. The molecule has 8 heteroatoms. The quantitative estimate of drug-likeness (QED) is 0.371. The van der Waals surface area contributed by atoms with Crippen LogP contribution in [0.1, 0.15) is 31.9 Å². The SMILES string of the molecule is CCOc1cc2c(cc1/C=C/C(=O)NNC(=S)N[C@@H](C)COC)O[C@@H](C)C2. The number of benzene rings is 1. The van der Waals surface area contributed by atoms with Gasteiger partial charge in [0, 0.05) is 36.8 Å². The number of ether oxygens (including phenoxy) is 3. The Kier molecular flexibility index (Phi) is 7.87. The minimum Gasteiger partial charge on any atom is -0.493 e. The molecule has 0 fully saturated rings. The topological polar surface area (TPSA) is 80.9 Å². The van der Waals surface area contributed by atoms with Crippen LogP contribution in [0, 0.1) is 0 Å². The van der Waals surface area contributed by atoms with Crippen molar-refractivity contribution < 1.29 is 19.0 Å². The lowest BCUT2D eigenvalue weighted by Gasteiger charge is -2.16. The predicted molar refractivity (Wildman–Crippen MR) is 109 cm³/mol. The Morgan fingerprint density at radius 2 is 2.22 bits per heavy atom. The minimum atomic E-state index is -0.337. The highest BCUT2D eigenvalue weighted by Crippen LogP contribution is 2.35. The van der Waals surface area contributed by atoms with Gasteiger partial charge in [0.1, 0.15) is 17.6 Å². The van der Waals surface area contributed by atoms with Crippen molar-refractivity contribution in [2.75, 3.05) is 20.3 Å². The summed E-state index contributed by atoms with van der Waals surface area (Å²) < 4.78 is 16.5. The number of methoxy groups -OCH3 is 1. The summed E-state index contributed by atoms with van der Waals surface area (Å²) in [4.78, 5) is 12.0. The van der Waals surface area contributed by atoms with Crippen LogP contribution in [-0.4, -0.2) is 43.5 Å². The van der Waals surface area contributed by atoms with Gasteiger partial charge in [0.25, 0.3) is 5.91 Å². The maximum absolute atomic E-state index is 12.0. The molecule has 0 aliphatic carbocycles. The monoisotopic (exact) mass is 393 g/mol. The van der Waals surface area contributed by atoms with Crippen LogP contribution in [0.15, 0.2) is 18.2 Å². The molecule has 3 N–H and O–H groups in total. The second kappa shape index (κ2) is 10.1. The molecule has 0 saturated heterocycles. The van der Waals surface area contributed by atoms with E-state index in [1.807, 2.05) is 32.9 Å². The molecule has 1 aromatic rings. The lowest BCUT2D eigenvalue weighted by Crippen LogP contribution is -2.49. The predicted octanol–water partition coefficient (Wildman–Crippen LogP) is 1.95. The van der Waals surface area contributed by atoms with E-state index in [0.29, 0.717) is 18.3 Å². The van der Waals surface area contributed by atoms with Gasteiger partial charge in [0.2, 0.25) is 0 Å². The van der Waals surface area contributed by atoms with E-state index in [1.165, 1.54) is 6.08 Å². The number of hydrogen-bond donors (Lipinski definition) is 3. The Balaban J connectivity index is 1.95. The molecular formula is C19H27N3O4S. The van der Waals surface area contributed by atoms with E-state index >= 15 is 0 Å². The number of rotatable bonds is 7. The number of nitrogens with one attached hydrogen (secondary N) is 3. The van der Waals surface area contributed by atoms with Crippen molar-refractivity contribution >= 4 is 29.3 Å². The highest BCUT2D eigenvalue weighted by molar-refractivity contribution is 7.80. The molecule has 2 atom stereocenters. The molecule has 0 saturated carbocycles. The fraction of sp³-hybridized carbons (Fsp3) is 0.474. The van der Waals surface area contributed by atoms with Crippen LogP contribution in [-0.2, 0) is 16.0 Å². The smallest absolute Gasteiger partial charge is 0.262 e. The molecule has 1 amide bonds. The average molecular weight is 394 g/mol. The van der Waals surface area contributed by atoms with Gasteiger partial charge in [-0.2, -0.15) is 0 Å². The molecule has 1 aliphatic heterocycles. The second-order valence-corrected chi connectivity index (χ2v) is 6.75. The number of carbonyl (C=O) groups excluding carboxylic acids is 1. The molecule has 1 heterocycles. The summed E-state index contributed by atoms with van der Waals surface area (Å²) in [5, 5.41) is 3.30. The summed E-state index contributed by atoms with van der Waals surface area (Å²) in [6.07, 6.45) is 4.11. The number of hydrogen-bond acceptors (Lipinski definition) is 5.